The highest BCUT2D eigenvalue weighted by Gasteiger charge is 2.16. The van der Waals surface area contributed by atoms with E-state index in [1.807, 2.05) is 50.2 Å². The predicted molar refractivity (Wildman–Crippen MR) is 97.6 cm³/mol. The van der Waals surface area contributed by atoms with E-state index in [-0.39, 0.29) is 11.9 Å². The van der Waals surface area contributed by atoms with Crippen LogP contribution < -0.4 is 5.32 Å². The van der Waals surface area contributed by atoms with Crippen LogP contribution in [-0.2, 0) is 0 Å². The van der Waals surface area contributed by atoms with Gasteiger partial charge in [0, 0.05) is 18.3 Å². The molecule has 0 aliphatic carbocycles. The van der Waals surface area contributed by atoms with E-state index in [0.717, 1.165) is 24.5 Å². The summed E-state index contributed by atoms with van der Waals surface area (Å²) in [4.78, 5) is 14.7. The minimum atomic E-state index is -0.121. The third-order valence-electron chi connectivity index (χ3n) is 3.98. The van der Waals surface area contributed by atoms with Crippen molar-refractivity contribution in [3.05, 3.63) is 47.8 Å². The fourth-order valence-electron chi connectivity index (χ4n) is 2.75. The van der Waals surface area contributed by atoms with Gasteiger partial charge in [0.25, 0.3) is 5.91 Å². The molecule has 2 rings (SSSR count). The minimum absolute atomic E-state index is 0.0848. The number of unbranched alkanes of at least 4 members (excludes halogenated alkanes) is 1. The van der Waals surface area contributed by atoms with Crippen LogP contribution in [0.4, 0.5) is 0 Å². The lowest BCUT2D eigenvalue weighted by molar-refractivity contribution is 0.0926. The fourth-order valence-corrected chi connectivity index (χ4v) is 2.75. The molecule has 0 saturated heterocycles. The van der Waals surface area contributed by atoms with E-state index in [1.165, 1.54) is 12.8 Å². The molecule has 0 spiro atoms. The molecular formula is C19H28N4O. The summed E-state index contributed by atoms with van der Waals surface area (Å²) in [6, 6.07) is 11.8. The maximum atomic E-state index is 12.4. The quantitative estimate of drug-likeness (QED) is 0.810. The zero-order chi connectivity index (χ0) is 17.5. The van der Waals surface area contributed by atoms with Crippen molar-refractivity contribution < 1.29 is 4.79 Å². The number of carbonyl (C=O) groups excluding carboxylic acids is 1. The number of aromatic nitrogens is 2. The summed E-state index contributed by atoms with van der Waals surface area (Å²) in [5.41, 5.74) is 2.36. The summed E-state index contributed by atoms with van der Waals surface area (Å²) in [6.07, 6.45) is 2.36. The van der Waals surface area contributed by atoms with Crippen molar-refractivity contribution in [2.45, 2.75) is 39.7 Å². The highest BCUT2D eigenvalue weighted by atomic mass is 16.2. The van der Waals surface area contributed by atoms with Gasteiger partial charge in [-0.1, -0.05) is 31.5 Å². The standard InChI is InChI=1S/C19H28N4O/c1-5-6-12-22(4)14-15(2)20-19(24)18-13-16(3)23(21-18)17-10-8-7-9-11-17/h7-11,13,15H,5-6,12,14H2,1-4H3,(H,20,24)/t15-/m0/s1. The van der Waals surface area contributed by atoms with Crippen LogP contribution in [0, 0.1) is 6.92 Å². The number of benzene rings is 1. The molecule has 5 heteroatoms. The highest BCUT2D eigenvalue weighted by molar-refractivity contribution is 5.92. The maximum Gasteiger partial charge on any atom is 0.272 e. The molecule has 1 aromatic heterocycles. The predicted octanol–water partition coefficient (Wildman–Crippen LogP) is 3.03. The number of carbonyl (C=O) groups is 1. The van der Waals surface area contributed by atoms with Gasteiger partial charge in [-0.05, 0) is 52.1 Å². The van der Waals surface area contributed by atoms with Gasteiger partial charge in [-0.25, -0.2) is 4.68 Å². The van der Waals surface area contributed by atoms with E-state index in [9.17, 15) is 4.79 Å². The number of hydrogen-bond acceptors (Lipinski definition) is 3. The Labute approximate surface area is 144 Å². The van der Waals surface area contributed by atoms with Gasteiger partial charge < -0.3 is 10.2 Å². The van der Waals surface area contributed by atoms with Crippen LogP contribution in [0.5, 0.6) is 0 Å². The largest absolute Gasteiger partial charge is 0.347 e. The Morgan fingerprint density at radius 1 is 1.33 bits per heavy atom. The van der Waals surface area contributed by atoms with Gasteiger partial charge in [-0.2, -0.15) is 5.10 Å². The van der Waals surface area contributed by atoms with Gasteiger partial charge in [0.1, 0.15) is 0 Å². The summed E-state index contributed by atoms with van der Waals surface area (Å²) < 4.78 is 1.80. The first-order valence-electron chi connectivity index (χ1n) is 8.62. The number of para-hydroxylation sites is 1. The summed E-state index contributed by atoms with van der Waals surface area (Å²) in [7, 11) is 2.09. The number of nitrogens with one attached hydrogen (secondary N) is 1. The van der Waals surface area contributed by atoms with Crippen LogP contribution in [0.1, 0.15) is 42.9 Å². The van der Waals surface area contributed by atoms with Crippen molar-refractivity contribution in [1.82, 2.24) is 20.0 Å². The Bertz CT molecular complexity index is 651. The van der Waals surface area contributed by atoms with Crippen molar-refractivity contribution in [1.29, 1.82) is 0 Å². The van der Waals surface area contributed by atoms with Gasteiger partial charge in [0.2, 0.25) is 0 Å². The van der Waals surface area contributed by atoms with Crippen molar-refractivity contribution in [3.63, 3.8) is 0 Å². The molecule has 130 valence electrons. The van der Waals surface area contributed by atoms with E-state index in [0.29, 0.717) is 5.69 Å². The Hall–Kier alpha value is -2.14. The smallest absolute Gasteiger partial charge is 0.272 e. The van der Waals surface area contributed by atoms with Gasteiger partial charge in [0.15, 0.2) is 5.69 Å². The molecule has 0 bridgehead atoms. The summed E-state index contributed by atoms with van der Waals surface area (Å²) in [5, 5.41) is 7.49. The average Bonchev–Trinajstić information content (AvgIpc) is 2.95. The lowest BCUT2D eigenvalue weighted by Gasteiger charge is -2.21. The molecule has 1 amide bonds. The SMILES string of the molecule is CCCCN(C)C[C@H](C)NC(=O)c1cc(C)n(-c2ccccc2)n1. The highest BCUT2D eigenvalue weighted by Crippen LogP contribution is 2.11. The molecule has 1 heterocycles. The average molecular weight is 328 g/mol. The molecular weight excluding hydrogens is 300 g/mol. The molecule has 0 unspecified atom stereocenters. The Kier molecular flexibility index (Phi) is 6.55. The molecule has 2 aromatic rings. The van der Waals surface area contributed by atoms with E-state index in [1.54, 1.807) is 4.68 Å². The Balaban J connectivity index is 1.98. The molecule has 24 heavy (non-hydrogen) atoms. The first kappa shape index (κ1) is 18.2. The molecule has 0 radical (unpaired) electrons. The van der Waals surface area contributed by atoms with Crippen LogP contribution in [0.2, 0.25) is 0 Å². The van der Waals surface area contributed by atoms with Crippen LogP contribution in [0.15, 0.2) is 36.4 Å². The minimum Gasteiger partial charge on any atom is -0.347 e. The molecule has 0 saturated carbocycles. The van der Waals surface area contributed by atoms with E-state index >= 15 is 0 Å². The van der Waals surface area contributed by atoms with Crippen LogP contribution in [0.25, 0.3) is 5.69 Å². The van der Waals surface area contributed by atoms with Crippen LogP contribution in [-0.4, -0.2) is 46.8 Å². The zero-order valence-electron chi connectivity index (χ0n) is 15.1. The zero-order valence-corrected chi connectivity index (χ0v) is 15.1. The number of likely N-dealkylation sites (N-methyl/N-ethyl adjacent to an activating group) is 1. The lowest BCUT2D eigenvalue weighted by Crippen LogP contribution is -2.41. The second-order valence-electron chi connectivity index (χ2n) is 6.41. The van der Waals surface area contributed by atoms with E-state index in [2.05, 4.69) is 29.3 Å². The number of rotatable bonds is 8. The monoisotopic (exact) mass is 328 g/mol. The van der Waals surface area contributed by atoms with E-state index < -0.39 is 0 Å². The molecule has 0 aliphatic rings. The summed E-state index contributed by atoms with van der Waals surface area (Å²) in [6.45, 7) is 8.06. The second-order valence-corrected chi connectivity index (χ2v) is 6.41. The molecule has 1 N–H and O–H groups in total. The Morgan fingerprint density at radius 3 is 2.71 bits per heavy atom. The van der Waals surface area contributed by atoms with Gasteiger partial charge >= 0.3 is 0 Å². The number of hydrogen-bond donors (Lipinski definition) is 1. The number of amides is 1. The van der Waals surface area contributed by atoms with Gasteiger partial charge in [-0.3, -0.25) is 4.79 Å². The van der Waals surface area contributed by atoms with Crippen molar-refractivity contribution >= 4 is 5.91 Å². The van der Waals surface area contributed by atoms with Crippen molar-refractivity contribution in [2.75, 3.05) is 20.1 Å². The van der Waals surface area contributed by atoms with Crippen molar-refractivity contribution in [2.24, 2.45) is 0 Å². The first-order chi connectivity index (χ1) is 11.5. The molecule has 0 aliphatic heterocycles. The molecule has 1 aromatic carbocycles. The fraction of sp³-hybridized carbons (Fsp3) is 0.474. The summed E-state index contributed by atoms with van der Waals surface area (Å²) in [5.74, 6) is -0.121. The topological polar surface area (TPSA) is 50.2 Å². The van der Waals surface area contributed by atoms with Gasteiger partial charge in [0.05, 0.1) is 5.69 Å². The normalized spacial score (nSPS) is 12.4. The number of aryl methyl sites for hydroxylation is 1. The molecule has 1 atom stereocenters. The molecule has 0 fully saturated rings. The van der Waals surface area contributed by atoms with Crippen LogP contribution in [0.3, 0.4) is 0 Å². The van der Waals surface area contributed by atoms with E-state index in [4.69, 9.17) is 0 Å². The van der Waals surface area contributed by atoms with Crippen molar-refractivity contribution in [3.8, 4) is 5.69 Å². The van der Waals surface area contributed by atoms with Gasteiger partial charge in [-0.15, -0.1) is 0 Å². The summed E-state index contributed by atoms with van der Waals surface area (Å²) >= 11 is 0. The third-order valence-corrected chi connectivity index (χ3v) is 3.98. The maximum absolute atomic E-state index is 12.4. The Morgan fingerprint density at radius 2 is 2.04 bits per heavy atom. The lowest BCUT2D eigenvalue weighted by atomic mass is 10.2. The first-order valence-corrected chi connectivity index (χ1v) is 8.62. The number of nitrogens with zero attached hydrogens (tertiary/aromatic N) is 3. The third kappa shape index (κ3) is 4.93. The molecule has 5 nitrogen and oxygen atoms in total. The van der Waals surface area contributed by atoms with Crippen LogP contribution >= 0.6 is 0 Å². The second kappa shape index (κ2) is 8.64.